The number of anilines is 1. The molecule has 0 spiro atoms. The summed E-state index contributed by atoms with van der Waals surface area (Å²) < 4.78 is 5.47. The fraction of sp³-hybridized carbons (Fsp3) is 0.400. The number of ether oxygens (including phenoxy) is 1. The average molecular weight is 729 g/mol. The number of carbonyl (C=O) groups is 4. The highest BCUT2D eigenvalue weighted by Crippen LogP contribution is 2.65. The van der Waals surface area contributed by atoms with Crippen LogP contribution < -0.4 is 10.2 Å². The molecule has 4 amide bonds. The average Bonchev–Trinajstić information content (AvgIpc) is 3.51. The molecule has 0 bridgehead atoms. The molecule has 11 heteroatoms. The van der Waals surface area contributed by atoms with Crippen molar-refractivity contribution in [3.63, 3.8) is 0 Å². The van der Waals surface area contributed by atoms with Crippen molar-refractivity contribution < 1.29 is 29.0 Å². The molecule has 2 heterocycles. The largest absolute Gasteiger partial charge is 0.507 e. The lowest BCUT2D eigenvalue weighted by molar-refractivity contribution is -0.144. The van der Waals surface area contributed by atoms with Crippen LogP contribution in [0.15, 0.2) is 72.3 Å². The summed E-state index contributed by atoms with van der Waals surface area (Å²) in [6, 6.07) is 17.2. The van der Waals surface area contributed by atoms with Crippen molar-refractivity contribution in [2.75, 3.05) is 12.5 Å². The first kappa shape index (κ1) is 33.8. The minimum Gasteiger partial charge on any atom is -0.507 e. The number of phenolic OH excluding ortho intramolecular Hbond substituents is 1. The van der Waals surface area contributed by atoms with E-state index >= 15 is 4.79 Å². The number of hydrogen-bond acceptors (Lipinski definition) is 7. The van der Waals surface area contributed by atoms with Gasteiger partial charge in [0, 0.05) is 22.5 Å². The molecule has 2 saturated carbocycles. The summed E-state index contributed by atoms with van der Waals surface area (Å²) in [5.74, 6) is -4.25. The third kappa shape index (κ3) is 5.02. The van der Waals surface area contributed by atoms with E-state index in [0.717, 1.165) is 42.7 Å². The zero-order chi connectivity index (χ0) is 35.8. The van der Waals surface area contributed by atoms with Crippen LogP contribution in [0.25, 0.3) is 0 Å². The fourth-order valence-electron chi connectivity index (χ4n) is 9.83. The first-order chi connectivity index (χ1) is 24.6. The van der Waals surface area contributed by atoms with E-state index in [2.05, 4.69) is 5.43 Å². The zero-order valence-corrected chi connectivity index (χ0v) is 29.9. The molecule has 5 aliphatic rings. The van der Waals surface area contributed by atoms with Crippen molar-refractivity contribution in [1.82, 2.24) is 9.91 Å². The smallest absolute Gasteiger partial charge is 0.260 e. The van der Waals surface area contributed by atoms with Crippen molar-refractivity contribution >= 4 is 52.5 Å². The summed E-state index contributed by atoms with van der Waals surface area (Å²) in [5, 5.41) is 13.4. The minimum absolute atomic E-state index is 0.0165. The van der Waals surface area contributed by atoms with E-state index in [0.29, 0.717) is 39.6 Å². The molecule has 2 saturated heterocycles. The van der Waals surface area contributed by atoms with Gasteiger partial charge in [-0.2, -0.15) is 5.01 Å². The lowest BCUT2D eigenvalue weighted by Gasteiger charge is -2.50. The van der Waals surface area contributed by atoms with Crippen LogP contribution in [0.5, 0.6) is 11.5 Å². The highest BCUT2D eigenvalue weighted by molar-refractivity contribution is 6.36. The number of rotatable bonds is 6. The van der Waals surface area contributed by atoms with Crippen LogP contribution in [0.2, 0.25) is 10.0 Å². The number of aromatic hydroxyl groups is 1. The number of amides is 4. The molecule has 4 fully saturated rings. The normalized spacial score (nSPS) is 29.1. The summed E-state index contributed by atoms with van der Waals surface area (Å²) in [5.41, 5.74) is 4.25. The van der Waals surface area contributed by atoms with Crippen LogP contribution in [-0.2, 0) is 24.6 Å². The van der Waals surface area contributed by atoms with Crippen LogP contribution >= 0.6 is 23.2 Å². The Balaban J connectivity index is 1.33. The van der Waals surface area contributed by atoms with Gasteiger partial charge in [0.05, 0.1) is 41.0 Å². The molecule has 2 aliphatic heterocycles. The van der Waals surface area contributed by atoms with Gasteiger partial charge in [0.2, 0.25) is 11.8 Å². The number of phenols is 1. The monoisotopic (exact) mass is 727 g/mol. The van der Waals surface area contributed by atoms with Gasteiger partial charge >= 0.3 is 0 Å². The van der Waals surface area contributed by atoms with Gasteiger partial charge in [0.1, 0.15) is 11.5 Å². The SMILES string of the molecule is COc1ccc(C23C(=O)N(Nc4ccc(Cl)cc4Cl)C(=O)C2CC2C(=CCC4C(=O)N(C5CCCCC5)C(=O)C42)C3c2cccc(C)c2O)cc1. The Morgan fingerprint density at radius 1 is 0.902 bits per heavy atom. The number of imide groups is 2. The van der Waals surface area contributed by atoms with Crippen molar-refractivity contribution in [2.24, 2.45) is 23.7 Å². The second kappa shape index (κ2) is 12.7. The third-order valence-corrected chi connectivity index (χ3v) is 12.7. The number of allylic oxidation sites excluding steroid dienone is 2. The quantitative estimate of drug-likeness (QED) is 0.202. The summed E-state index contributed by atoms with van der Waals surface area (Å²) >= 11 is 12.7. The Hall–Kier alpha value is -4.34. The van der Waals surface area contributed by atoms with E-state index in [9.17, 15) is 19.5 Å². The number of benzene rings is 3. The molecule has 2 N–H and O–H groups in total. The number of para-hydroxylation sites is 1. The highest BCUT2D eigenvalue weighted by atomic mass is 35.5. The van der Waals surface area contributed by atoms with Crippen molar-refractivity contribution in [1.29, 1.82) is 0 Å². The molecular formula is C40H39Cl2N3O6. The second-order valence-corrected chi connectivity index (χ2v) is 15.4. The molecule has 9 nitrogen and oxygen atoms in total. The minimum atomic E-state index is -1.54. The van der Waals surface area contributed by atoms with Gasteiger partial charge < -0.3 is 9.84 Å². The first-order valence-corrected chi connectivity index (χ1v) is 18.4. The summed E-state index contributed by atoms with van der Waals surface area (Å²) in [7, 11) is 1.56. The molecule has 3 aliphatic carbocycles. The maximum atomic E-state index is 15.4. The number of fused-ring (bicyclic) bond motifs is 4. The lowest BCUT2D eigenvalue weighted by atomic mass is 9.49. The Labute approximate surface area is 306 Å². The standard InChI is InChI=1S/C40H39Cl2N3O6/c1-21-7-6-10-28(35(21)46)34-26-16-17-27-33(38(49)44(36(27)47)24-8-4-3-5-9-24)29(26)20-30-37(48)45(43-32-18-13-23(41)19-31(32)42)39(50)40(30,34)22-11-14-25(51-2)15-12-22/h6-7,10-16,18-19,24,27,29-30,33-34,43,46H,3-5,8-9,17,20H2,1-2H3. The molecule has 8 rings (SSSR count). The number of aryl methyl sites for hydroxylation is 1. The van der Waals surface area contributed by atoms with Gasteiger partial charge in [-0.05, 0) is 80.0 Å². The lowest BCUT2D eigenvalue weighted by Crippen LogP contribution is -2.53. The Morgan fingerprint density at radius 3 is 2.35 bits per heavy atom. The molecule has 3 aromatic rings. The Bertz CT molecular complexity index is 1990. The number of nitrogens with one attached hydrogen (secondary N) is 1. The number of methoxy groups -OCH3 is 1. The maximum Gasteiger partial charge on any atom is 0.260 e. The predicted molar refractivity (Wildman–Crippen MR) is 192 cm³/mol. The molecule has 0 aromatic heterocycles. The molecule has 264 valence electrons. The predicted octanol–water partition coefficient (Wildman–Crippen LogP) is 7.33. The number of halogens is 2. The fourth-order valence-corrected chi connectivity index (χ4v) is 10.3. The zero-order valence-electron chi connectivity index (χ0n) is 28.4. The molecule has 6 unspecified atom stereocenters. The Morgan fingerprint density at radius 2 is 1.65 bits per heavy atom. The number of nitrogens with zero attached hydrogens (tertiary/aromatic N) is 2. The van der Waals surface area contributed by atoms with Crippen molar-refractivity contribution in [3.8, 4) is 11.5 Å². The Kier molecular flexibility index (Phi) is 8.42. The van der Waals surface area contributed by atoms with E-state index < -0.39 is 46.8 Å². The maximum absolute atomic E-state index is 15.4. The molecule has 3 aromatic carbocycles. The van der Waals surface area contributed by atoms with Gasteiger partial charge in [-0.15, -0.1) is 0 Å². The van der Waals surface area contributed by atoms with E-state index in [-0.39, 0.29) is 35.0 Å². The van der Waals surface area contributed by atoms with Crippen LogP contribution in [0.3, 0.4) is 0 Å². The number of hydrazine groups is 1. The van der Waals surface area contributed by atoms with Gasteiger partial charge in [-0.25, -0.2) is 0 Å². The topological polar surface area (TPSA) is 116 Å². The van der Waals surface area contributed by atoms with E-state index in [1.165, 1.54) is 11.0 Å². The van der Waals surface area contributed by atoms with E-state index in [1.807, 2.05) is 12.1 Å². The van der Waals surface area contributed by atoms with Crippen LogP contribution in [-0.4, -0.2) is 51.8 Å². The molecular weight excluding hydrogens is 689 g/mol. The summed E-state index contributed by atoms with van der Waals surface area (Å²) in [6.07, 6.45) is 7.14. The van der Waals surface area contributed by atoms with Crippen LogP contribution in [0, 0.1) is 30.6 Å². The van der Waals surface area contributed by atoms with Crippen molar-refractivity contribution in [3.05, 3.63) is 99.0 Å². The van der Waals surface area contributed by atoms with Gasteiger partial charge in [0.25, 0.3) is 11.8 Å². The molecule has 0 radical (unpaired) electrons. The number of hydrogen-bond donors (Lipinski definition) is 2. The van der Waals surface area contributed by atoms with Crippen LogP contribution in [0.1, 0.15) is 67.6 Å². The highest BCUT2D eigenvalue weighted by Gasteiger charge is 2.70. The van der Waals surface area contributed by atoms with E-state index in [4.69, 9.17) is 27.9 Å². The van der Waals surface area contributed by atoms with Gasteiger partial charge in [-0.3, -0.25) is 29.5 Å². The number of carbonyl (C=O) groups excluding carboxylic acids is 4. The third-order valence-electron chi connectivity index (χ3n) is 12.1. The summed E-state index contributed by atoms with van der Waals surface area (Å²) in [4.78, 5) is 60.3. The molecule has 51 heavy (non-hydrogen) atoms. The van der Waals surface area contributed by atoms with Crippen molar-refractivity contribution in [2.45, 2.75) is 69.2 Å². The van der Waals surface area contributed by atoms with Gasteiger partial charge in [-0.1, -0.05) is 84.4 Å². The van der Waals surface area contributed by atoms with E-state index in [1.54, 1.807) is 62.6 Å². The van der Waals surface area contributed by atoms with Crippen LogP contribution in [0.4, 0.5) is 5.69 Å². The number of likely N-dealkylation sites (tertiary alicyclic amines) is 1. The first-order valence-electron chi connectivity index (χ1n) is 17.7. The summed E-state index contributed by atoms with van der Waals surface area (Å²) in [6.45, 7) is 1.79. The van der Waals surface area contributed by atoms with Gasteiger partial charge in [0.15, 0.2) is 0 Å². The second-order valence-electron chi connectivity index (χ2n) is 14.6. The molecule has 6 atom stereocenters.